The summed E-state index contributed by atoms with van der Waals surface area (Å²) in [6.07, 6.45) is 2.55. The number of hydrogen-bond donors (Lipinski definition) is 9. The summed E-state index contributed by atoms with van der Waals surface area (Å²) in [5, 5.41) is 10.5. The number of nitrogens with zero attached hydrogens (tertiary/aromatic N) is 4. The Bertz CT molecular complexity index is 2000. The minimum atomic E-state index is -1.39. The van der Waals surface area contributed by atoms with Gasteiger partial charge in [-0.2, -0.15) is 17.6 Å². The van der Waals surface area contributed by atoms with Crippen LogP contribution in [0.25, 0.3) is 11.2 Å². The average molecular weight is 815 g/mol. The van der Waals surface area contributed by atoms with Crippen molar-refractivity contribution in [2.45, 2.75) is 63.6 Å². The third kappa shape index (κ3) is 15.5. The van der Waals surface area contributed by atoms with E-state index in [1.807, 2.05) is 0 Å². The summed E-state index contributed by atoms with van der Waals surface area (Å²) in [6.45, 7) is 19.4. The second kappa shape index (κ2) is 23.3. The zero-order valence-corrected chi connectivity index (χ0v) is 32.4. The molecule has 11 N–H and O–H groups in total. The molecular formula is C38H46N12O7S. The van der Waals surface area contributed by atoms with Gasteiger partial charge in [-0.3, -0.25) is 43.5 Å². The van der Waals surface area contributed by atoms with E-state index in [1.165, 1.54) is 12.7 Å². The van der Waals surface area contributed by atoms with Gasteiger partial charge in [-0.25, -0.2) is 9.97 Å². The first-order valence-electron chi connectivity index (χ1n) is 18.0. The number of thiol groups is 1. The topological polar surface area (TPSA) is 312 Å². The van der Waals surface area contributed by atoms with Gasteiger partial charge in [0.1, 0.15) is 5.78 Å². The van der Waals surface area contributed by atoms with Crippen molar-refractivity contribution in [1.82, 2.24) is 35.9 Å². The normalized spacial score (nSPS) is 13.0. The largest absolute Gasteiger partial charge is 0.379 e. The van der Waals surface area contributed by atoms with Gasteiger partial charge in [0.15, 0.2) is 28.7 Å². The molecule has 0 saturated carbocycles. The summed E-state index contributed by atoms with van der Waals surface area (Å²) in [7, 11) is 0. The van der Waals surface area contributed by atoms with Crippen molar-refractivity contribution in [3.8, 4) is 0 Å². The van der Waals surface area contributed by atoms with Crippen molar-refractivity contribution in [2.24, 2.45) is 28.3 Å². The standard InChI is InChI=1S/C38H46N12O7S/c1-21(34(55)48-28(8-5-15-43-37(39)40)30(53)18-22(2)33(54)46-23(3)29(52)9-6-16-58)17-27(51)7-4-14-42-35(56)24-10-12-25(13-11-24)44-19-26-20-45-32-31(47-26)36(57)50-38(41)49-32/h1-3,6,10-14,20-23,28,44,58H,4-5,7-9,15-19H2,(H,42,56)(H,46,54)(H,48,55)(H4,39,40,43)(H3,41,45,49,50,57)/t21-,22-,23+,28+/m1/s1. The SMILES string of the molecule is [CH][C@H](CC(=O)[C@H](CCCN=C(N)N)NC(=O)[C@H]([CH])CC(=O)CC[CH]NC(=O)c1ccc(NCc2cnc3nc(N)[nH]c(=O)c3n2)cc1)C(=O)N[C@@H]([CH])C(=O)C[CH]CS. The van der Waals surface area contributed by atoms with Crippen molar-refractivity contribution in [3.05, 3.63) is 85.8 Å². The predicted molar refractivity (Wildman–Crippen MR) is 218 cm³/mol. The van der Waals surface area contributed by atoms with Crippen LogP contribution in [0.5, 0.6) is 0 Å². The first-order valence-corrected chi connectivity index (χ1v) is 18.6. The van der Waals surface area contributed by atoms with E-state index in [-0.39, 0.29) is 80.5 Å². The molecule has 306 valence electrons. The highest BCUT2D eigenvalue weighted by atomic mass is 32.1. The van der Waals surface area contributed by atoms with Crippen molar-refractivity contribution in [2.75, 3.05) is 23.3 Å². The lowest BCUT2D eigenvalue weighted by Crippen LogP contribution is -2.46. The number of aliphatic imine (C=N–C) groups is 1. The van der Waals surface area contributed by atoms with Crippen LogP contribution in [0.3, 0.4) is 0 Å². The average Bonchev–Trinajstić information content (AvgIpc) is 3.18. The maximum atomic E-state index is 13.2. The summed E-state index contributed by atoms with van der Waals surface area (Å²) in [5.74, 6) is -6.13. The molecule has 8 radical (unpaired) electrons. The molecule has 0 spiro atoms. The van der Waals surface area contributed by atoms with Crippen LogP contribution in [0.1, 0.15) is 61.0 Å². The first kappa shape index (κ1) is 46.5. The minimum Gasteiger partial charge on any atom is -0.379 e. The number of H-pyrrole nitrogens is 1. The number of ketones is 3. The van der Waals surface area contributed by atoms with Gasteiger partial charge in [-0.1, -0.05) is 0 Å². The maximum absolute atomic E-state index is 13.2. The Kier molecular flexibility index (Phi) is 18.7. The number of nitrogen functional groups attached to an aromatic ring is 1. The van der Waals surface area contributed by atoms with Crippen LogP contribution < -0.4 is 44.0 Å². The second-order valence-corrected chi connectivity index (χ2v) is 13.3. The van der Waals surface area contributed by atoms with Crippen LogP contribution in [0.4, 0.5) is 11.6 Å². The molecular weight excluding hydrogens is 769 g/mol. The Morgan fingerprint density at radius 2 is 1.64 bits per heavy atom. The first-order chi connectivity index (χ1) is 27.6. The Morgan fingerprint density at radius 3 is 2.33 bits per heavy atom. The lowest BCUT2D eigenvalue weighted by molar-refractivity contribution is -0.133. The van der Waals surface area contributed by atoms with Crippen LogP contribution in [0, 0.1) is 45.6 Å². The number of nitrogens with two attached hydrogens (primary N) is 3. The molecule has 3 amide bonds. The van der Waals surface area contributed by atoms with Gasteiger partial charge in [0.2, 0.25) is 17.8 Å². The molecule has 0 fully saturated rings. The molecule has 0 saturated heterocycles. The van der Waals surface area contributed by atoms with Crippen LogP contribution in [0.15, 0.2) is 40.2 Å². The molecule has 0 unspecified atom stereocenters. The Labute approximate surface area is 341 Å². The molecule has 20 heteroatoms. The zero-order chi connectivity index (χ0) is 42.8. The highest BCUT2D eigenvalue weighted by Gasteiger charge is 2.28. The number of hydrogen-bond acceptors (Lipinski definition) is 14. The van der Waals surface area contributed by atoms with E-state index in [4.69, 9.17) is 38.0 Å². The summed E-state index contributed by atoms with van der Waals surface area (Å²) < 4.78 is 0. The molecule has 2 aromatic heterocycles. The monoisotopic (exact) mass is 814 g/mol. The summed E-state index contributed by atoms with van der Waals surface area (Å²) in [4.78, 5) is 107. The number of aromatic nitrogens is 4. The van der Waals surface area contributed by atoms with Crippen molar-refractivity contribution >= 4 is 76.5 Å². The number of nitrogens with one attached hydrogen (secondary N) is 5. The van der Waals surface area contributed by atoms with Gasteiger partial charge in [-0.05, 0) is 76.5 Å². The molecule has 0 bridgehead atoms. The fraction of sp³-hybridized carbons (Fsp3) is 0.368. The van der Waals surface area contributed by atoms with E-state index in [0.29, 0.717) is 22.7 Å². The number of fused-ring (bicyclic) bond motifs is 1. The molecule has 0 aliphatic carbocycles. The number of amides is 3. The van der Waals surface area contributed by atoms with E-state index in [2.05, 4.69) is 58.8 Å². The maximum Gasteiger partial charge on any atom is 0.280 e. The van der Waals surface area contributed by atoms with Crippen molar-refractivity contribution in [1.29, 1.82) is 0 Å². The van der Waals surface area contributed by atoms with Gasteiger partial charge in [0, 0.05) is 61.9 Å². The molecule has 1 aromatic carbocycles. The summed E-state index contributed by atoms with van der Waals surface area (Å²) >= 11 is 3.98. The van der Waals surface area contributed by atoms with Gasteiger partial charge in [0.25, 0.3) is 11.5 Å². The van der Waals surface area contributed by atoms with Gasteiger partial charge >= 0.3 is 0 Å². The van der Waals surface area contributed by atoms with E-state index in [1.54, 1.807) is 30.7 Å². The number of Topliss-reactive ketones (excluding diaryl/α,β-unsaturated/α-hetero) is 3. The van der Waals surface area contributed by atoms with Crippen LogP contribution >= 0.6 is 12.6 Å². The van der Waals surface area contributed by atoms with E-state index in [9.17, 15) is 33.6 Å². The number of aromatic amines is 1. The Balaban J connectivity index is 1.43. The third-order valence-electron chi connectivity index (χ3n) is 8.22. The molecule has 3 aromatic rings. The van der Waals surface area contributed by atoms with Crippen molar-refractivity contribution in [3.63, 3.8) is 0 Å². The zero-order valence-electron chi connectivity index (χ0n) is 31.5. The molecule has 58 heavy (non-hydrogen) atoms. The summed E-state index contributed by atoms with van der Waals surface area (Å²) in [6, 6.07) is 4.03. The molecule has 0 aliphatic heterocycles. The van der Waals surface area contributed by atoms with E-state index in [0.717, 1.165) is 0 Å². The van der Waals surface area contributed by atoms with Crippen LogP contribution in [-0.4, -0.2) is 85.3 Å². The lowest BCUT2D eigenvalue weighted by atomic mass is 9.95. The number of benzene rings is 1. The Hall–Kier alpha value is -5.92. The predicted octanol–water partition coefficient (Wildman–Crippen LogP) is -0.0202. The minimum absolute atomic E-state index is 0.0232. The fourth-order valence-electron chi connectivity index (χ4n) is 5.13. The number of anilines is 2. The lowest BCUT2D eigenvalue weighted by Gasteiger charge is -2.22. The molecule has 3 rings (SSSR count). The van der Waals surface area contributed by atoms with Crippen molar-refractivity contribution < 1.29 is 28.8 Å². The third-order valence-corrected chi connectivity index (χ3v) is 8.48. The quantitative estimate of drug-likeness (QED) is 0.0235. The second-order valence-electron chi connectivity index (χ2n) is 12.9. The number of carbonyl (C=O) groups excluding carboxylic acids is 6. The van der Waals surface area contributed by atoms with E-state index >= 15 is 0 Å². The van der Waals surface area contributed by atoms with Gasteiger partial charge in [-0.15, -0.1) is 0 Å². The van der Waals surface area contributed by atoms with Gasteiger partial charge in [0.05, 0.1) is 30.5 Å². The Morgan fingerprint density at radius 1 is 0.948 bits per heavy atom. The number of carbonyl (C=O) groups is 6. The summed E-state index contributed by atoms with van der Waals surface area (Å²) in [5.41, 5.74) is 17.4. The highest BCUT2D eigenvalue weighted by molar-refractivity contribution is 7.80. The fourth-order valence-corrected chi connectivity index (χ4v) is 5.26. The van der Waals surface area contributed by atoms with E-state index < -0.39 is 65.2 Å². The molecule has 0 aliphatic rings. The number of rotatable bonds is 25. The highest BCUT2D eigenvalue weighted by Crippen LogP contribution is 2.14. The van der Waals surface area contributed by atoms with Crippen LogP contribution in [-0.2, 0) is 30.5 Å². The van der Waals surface area contributed by atoms with Crippen LogP contribution in [0.2, 0.25) is 0 Å². The molecule has 19 nitrogen and oxygen atoms in total. The molecule has 2 heterocycles. The van der Waals surface area contributed by atoms with Gasteiger partial charge < -0.3 is 38.5 Å². The number of guanidine groups is 1. The molecule has 4 atom stereocenters. The smallest absolute Gasteiger partial charge is 0.280 e.